The Kier molecular flexibility index (Phi) is 4.88. The number of hydrogen-bond donors (Lipinski definition) is 1. The van der Waals surface area contributed by atoms with E-state index in [0.717, 1.165) is 29.6 Å². The van der Waals surface area contributed by atoms with Crippen molar-refractivity contribution < 1.29 is 13.2 Å². The number of fused-ring (bicyclic) bond motifs is 2. The van der Waals surface area contributed by atoms with Crippen LogP contribution in [0.4, 0.5) is 30.2 Å². The second-order valence-corrected chi connectivity index (χ2v) is 7.37. The van der Waals surface area contributed by atoms with Gasteiger partial charge in [0.2, 0.25) is 0 Å². The summed E-state index contributed by atoms with van der Waals surface area (Å²) in [7, 11) is 4.00. The van der Waals surface area contributed by atoms with E-state index in [1.165, 1.54) is 17.8 Å². The number of nitrogens with zero attached hydrogens (tertiary/aromatic N) is 2. The summed E-state index contributed by atoms with van der Waals surface area (Å²) in [6.07, 6.45) is -3.53. The molecule has 3 rings (SSSR count). The molecule has 1 aliphatic rings. The van der Waals surface area contributed by atoms with Gasteiger partial charge in [0.25, 0.3) is 0 Å². The number of nitrogen functional groups attached to an aromatic ring is 1. The lowest BCUT2D eigenvalue weighted by Gasteiger charge is -2.34. The van der Waals surface area contributed by atoms with Crippen LogP contribution in [-0.2, 0) is 6.18 Å². The van der Waals surface area contributed by atoms with Crippen molar-refractivity contribution in [3.63, 3.8) is 0 Å². The Labute approximate surface area is 149 Å². The third-order valence-corrected chi connectivity index (χ3v) is 5.16. The highest BCUT2D eigenvalue weighted by atomic mass is 32.2. The highest BCUT2D eigenvalue weighted by molar-refractivity contribution is 7.99. The van der Waals surface area contributed by atoms with Crippen LogP contribution in [0.2, 0.25) is 0 Å². The van der Waals surface area contributed by atoms with E-state index in [9.17, 15) is 13.2 Å². The van der Waals surface area contributed by atoms with Crippen LogP contribution in [-0.4, -0.2) is 32.1 Å². The molecule has 1 aliphatic heterocycles. The van der Waals surface area contributed by atoms with Crippen molar-refractivity contribution in [3.8, 4) is 0 Å². The molecule has 134 valence electrons. The first-order valence-corrected chi connectivity index (χ1v) is 8.79. The number of para-hydroxylation sites is 1. The van der Waals surface area contributed by atoms with Crippen molar-refractivity contribution in [1.29, 1.82) is 0 Å². The predicted molar refractivity (Wildman–Crippen MR) is 96.6 cm³/mol. The Bertz CT molecular complexity index is 775. The Morgan fingerprint density at radius 1 is 1.12 bits per heavy atom. The second kappa shape index (κ2) is 6.80. The van der Waals surface area contributed by atoms with Gasteiger partial charge in [-0.05, 0) is 51.3 Å². The van der Waals surface area contributed by atoms with Crippen LogP contribution < -0.4 is 10.6 Å². The second-order valence-electron chi connectivity index (χ2n) is 6.29. The average Bonchev–Trinajstić information content (AvgIpc) is 2.52. The molecule has 0 spiro atoms. The lowest BCUT2D eigenvalue weighted by atomic mass is 10.1. The van der Waals surface area contributed by atoms with E-state index in [2.05, 4.69) is 4.90 Å². The van der Waals surface area contributed by atoms with Gasteiger partial charge in [-0.25, -0.2) is 0 Å². The van der Waals surface area contributed by atoms with Crippen molar-refractivity contribution in [2.24, 2.45) is 0 Å². The highest BCUT2D eigenvalue weighted by Crippen LogP contribution is 2.52. The topological polar surface area (TPSA) is 32.5 Å². The van der Waals surface area contributed by atoms with E-state index in [4.69, 9.17) is 5.73 Å². The fraction of sp³-hybridized carbons (Fsp3) is 0.333. The first-order chi connectivity index (χ1) is 11.8. The van der Waals surface area contributed by atoms with E-state index in [1.54, 1.807) is 0 Å². The lowest BCUT2D eigenvalue weighted by molar-refractivity contribution is -0.137. The third kappa shape index (κ3) is 3.72. The quantitative estimate of drug-likeness (QED) is 0.784. The van der Waals surface area contributed by atoms with E-state index in [1.807, 2.05) is 43.3 Å². The molecule has 2 N–H and O–H groups in total. The molecular formula is C18H20F3N3S. The minimum Gasteiger partial charge on any atom is -0.397 e. The maximum Gasteiger partial charge on any atom is 0.416 e. The zero-order valence-corrected chi connectivity index (χ0v) is 14.9. The van der Waals surface area contributed by atoms with Crippen molar-refractivity contribution in [3.05, 3.63) is 42.0 Å². The maximum absolute atomic E-state index is 13.1. The number of nitrogens with two attached hydrogens (primary N) is 1. The van der Waals surface area contributed by atoms with Crippen molar-refractivity contribution in [2.45, 2.75) is 22.4 Å². The van der Waals surface area contributed by atoms with Crippen molar-refractivity contribution in [1.82, 2.24) is 4.90 Å². The van der Waals surface area contributed by atoms with Crippen LogP contribution in [0.25, 0.3) is 0 Å². The van der Waals surface area contributed by atoms with Gasteiger partial charge in [-0.1, -0.05) is 23.9 Å². The summed E-state index contributed by atoms with van der Waals surface area (Å²) in [5.41, 5.74) is 7.18. The third-order valence-electron chi connectivity index (χ3n) is 4.06. The monoisotopic (exact) mass is 367 g/mol. The molecular weight excluding hydrogens is 347 g/mol. The maximum atomic E-state index is 13.1. The first kappa shape index (κ1) is 17.9. The molecule has 0 aliphatic carbocycles. The van der Waals surface area contributed by atoms with Crippen LogP contribution in [0, 0.1) is 0 Å². The predicted octanol–water partition coefficient (Wildman–Crippen LogP) is 4.84. The normalized spacial score (nSPS) is 13.8. The minimum absolute atomic E-state index is 0.164. The molecule has 2 aromatic rings. The van der Waals surface area contributed by atoms with E-state index in [-0.39, 0.29) is 5.69 Å². The number of anilines is 3. The molecule has 0 aromatic heterocycles. The number of halogens is 3. The Morgan fingerprint density at radius 3 is 2.52 bits per heavy atom. The highest BCUT2D eigenvalue weighted by Gasteiger charge is 2.34. The van der Waals surface area contributed by atoms with Gasteiger partial charge in [-0.15, -0.1) is 0 Å². The minimum atomic E-state index is -4.41. The van der Waals surface area contributed by atoms with E-state index < -0.39 is 11.7 Å². The Balaban J connectivity index is 2.04. The van der Waals surface area contributed by atoms with Crippen molar-refractivity contribution in [2.75, 3.05) is 37.8 Å². The molecule has 0 saturated carbocycles. The molecule has 2 aromatic carbocycles. The van der Waals surface area contributed by atoms with Gasteiger partial charge in [0, 0.05) is 16.3 Å². The molecule has 3 nitrogen and oxygen atoms in total. The molecule has 25 heavy (non-hydrogen) atoms. The zero-order valence-electron chi connectivity index (χ0n) is 14.1. The van der Waals surface area contributed by atoms with Gasteiger partial charge < -0.3 is 15.5 Å². The SMILES string of the molecule is CN(C)CCCN1c2ccccc2Sc2cc(C(F)(F)F)cc(N)c21. The molecule has 0 radical (unpaired) electrons. The molecule has 1 heterocycles. The molecule has 7 heteroatoms. The summed E-state index contributed by atoms with van der Waals surface area (Å²) in [6.45, 7) is 1.58. The lowest BCUT2D eigenvalue weighted by Crippen LogP contribution is -2.26. The van der Waals surface area contributed by atoms with Gasteiger partial charge in [-0.3, -0.25) is 0 Å². The summed E-state index contributed by atoms with van der Waals surface area (Å²) in [4.78, 5) is 5.62. The molecule has 0 bridgehead atoms. The molecule has 0 fully saturated rings. The van der Waals surface area contributed by atoms with E-state index >= 15 is 0 Å². The van der Waals surface area contributed by atoms with Crippen LogP contribution in [0.1, 0.15) is 12.0 Å². The fourth-order valence-electron chi connectivity index (χ4n) is 2.94. The summed E-state index contributed by atoms with van der Waals surface area (Å²) in [5.74, 6) is 0. The van der Waals surface area contributed by atoms with Gasteiger partial charge in [-0.2, -0.15) is 13.2 Å². The number of alkyl halides is 3. The van der Waals surface area contributed by atoms with Gasteiger partial charge in [0.15, 0.2) is 0 Å². The standard InChI is InChI=1S/C18H20F3N3S/c1-23(2)8-5-9-24-14-6-3-4-7-15(14)25-16-11-12(18(19,20)21)10-13(22)17(16)24/h3-4,6-7,10-11H,5,8-9,22H2,1-2H3. The van der Waals surface area contributed by atoms with Crippen LogP contribution in [0.5, 0.6) is 0 Å². The number of rotatable bonds is 4. The van der Waals surface area contributed by atoms with Crippen LogP contribution >= 0.6 is 11.8 Å². The van der Waals surface area contributed by atoms with Gasteiger partial charge in [0.05, 0.1) is 22.6 Å². The number of benzene rings is 2. The van der Waals surface area contributed by atoms with Crippen molar-refractivity contribution >= 4 is 28.8 Å². The summed E-state index contributed by atoms with van der Waals surface area (Å²) >= 11 is 1.34. The Morgan fingerprint density at radius 2 is 1.84 bits per heavy atom. The largest absolute Gasteiger partial charge is 0.416 e. The summed E-state index contributed by atoms with van der Waals surface area (Å²) < 4.78 is 39.4. The van der Waals surface area contributed by atoms with Gasteiger partial charge >= 0.3 is 6.18 Å². The van der Waals surface area contributed by atoms with Crippen LogP contribution in [0.3, 0.4) is 0 Å². The molecule has 0 saturated heterocycles. The summed E-state index contributed by atoms with van der Waals surface area (Å²) in [5, 5.41) is 0. The molecule has 0 unspecified atom stereocenters. The molecule has 0 amide bonds. The smallest absolute Gasteiger partial charge is 0.397 e. The van der Waals surface area contributed by atoms with Gasteiger partial charge in [0.1, 0.15) is 0 Å². The fourth-order valence-corrected chi connectivity index (χ4v) is 4.12. The Hall–Kier alpha value is -1.86. The molecule has 0 atom stereocenters. The number of hydrogen-bond acceptors (Lipinski definition) is 4. The first-order valence-electron chi connectivity index (χ1n) is 7.97. The summed E-state index contributed by atoms with van der Waals surface area (Å²) in [6, 6.07) is 9.98. The zero-order chi connectivity index (χ0) is 18.2. The van der Waals surface area contributed by atoms with E-state index in [0.29, 0.717) is 17.1 Å². The average molecular weight is 367 g/mol. The van der Waals surface area contributed by atoms with Crippen LogP contribution in [0.15, 0.2) is 46.2 Å².